The molecule has 2 aromatic carbocycles. The van der Waals surface area contributed by atoms with Crippen molar-refractivity contribution in [3.05, 3.63) is 81.5 Å². The van der Waals surface area contributed by atoms with Gasteiger partial charge in [0.25, 0.3) is 5.91 Å². The zero-order chi connectivity index (χ0) is 21.8. The lowest BCUT2D eigenvalue weighted by atomic mass is 9.93. The van der Waals surface area contributed by atoms with Crippen LogP contribution in [0.3, 0.4) is 0 Å². The van der Waals surface area contributed by atoms with Crippen molar-refractivity contribution in [1.29, 1.82) is 0 Å². The second-order valence-electron chi connectivity index (χ2n) is 7.32. The molecule has 3 N–H and O–H groups in total. The van der Waals surface area contributed by atoms with E-state index in [1.54, 1.807) is 42.5 Å². The average molecular weight is 434 g/mol. The van der Waals surface area contributed by atoms with Gasteiger partial charge >= 0.3 is 6.09 Å². The van der Waals surface area contributed by atoms with Crippen LogP contribution in [0.1, 0.15) is 26.4 Å². The summed E-state index contributed by atoms with van der Waals surface area (Å²) in [6, 6.07) is 16.0. The first kappa shape index (κ1) is 19.3. The fourth-order valence-corrected chi connectivity index (χ4v) is 4.62. The maximum absolute atomic E-state index is 13.2. The van der Waals surface area contributed by atoms with Gasteiger partial charge in [-0.2, -0.15) is 0 Å². The van der Waals surface area contributed by atoms with Gasteiger partial charge in [0.1, 0.15) is 0 Å². The van der Waals surface area contributed by atoms with E-state index in [0.717, 1.165) is 9.78 Å². The molecule has 5 rings (SSSR count). The first-order valence-electron chi connectivity index (χ1n) is 9.52. The van der Waals surface area contributed by atoms with Crippen molar-refractivity contribution >= 4 is 40.3 Å². The highest BCUT2D eigenvalue weighted by Gasteiger charge is 2.49. The number of aromatic nitrogens is 2. The molecule has 0 aliphatic carbocycles. The molecule has 3 heterocycles. The third-order valence-electron chi connectivity index (χ3n) is 5.54. The lowest BCUT2D eigenvalue weighted by Gasteiger charge is -2.34. The Morgan fingerprint density at radius 3 is 2.77 bits per heavy atom. The Kier molecular flexibility index (Phi) is 4.31. The summed E-state index contributed by atoms with van der Waals surface area (Å²) in [5, 5.41) is 23.1. The number of carbonyl (C=O) groups is 2. The molecule has 1 aliphatic heterocycles. The van der Waals surface area contributed by atoms with Crippen LogP contribution in [0.25, 0.3) is 11.0 Å². The van der Waals surface area contributed by atoms with Gasteiger partial charge < -0.3 is 15.2 Å². The Hall–Kier alpha value is -3.69. The number of hydrogen-bond acceptors (Lipinski definition) is 5. The monoisotopic (exact) mass is 434 g/mol. The van der Waals surface area contributed by atoms with Gasteiger partial charge in [-0.15, -0.1) is 11.3 Å². The fourth-order valence-electron chi connectivity index (χ4n) is 3.93. The topological polar surface area (TPSA) is 110 Å². The van der Waals surface area contributed by atoms with Gasteiger partial charge in [0.2, 0.25) is 5.95 Å². The number of imidazole rings is 1. The van der Waals surface area contributed by atoms with Crippen LogP contribution in [0.5, 0.6) is 0 Å². The van der Waals surface area contributed by atoms with Crippen LogP contribution in [0, 0.1) is 0 Å². The van der Waals surface area contributed by atoms with Crippen molar-refractivity contribution < 1.29 is 19.8 Å². The average Bonchev–Trinajstić information content (AvgIpc) is 3.48. The molecule has 4 aromatic rings. The number of hydrogen-bond donors (Lipinski definition) is 3. The van der Waals surface area contributed by atoms with Crippen molar-refractivity contribution in [1.82, 2.24) is 14.9 Å². The summed E-state index contributed by atoms with van der Waals surface area (Å²) in [4.78, 5) is 35.1. The number of anilines is 1. The maximum atomic E-state index is 13.2. The van der Waals surface area contributed by atoms with Crippen LogP contribution in [0.15, 0.2) is 60.0 Å². The molecule has 0 fully saturated rings. The Labute approximate surface area is 181 Å². The molecule has 31 heavy (non-hydrogen) atoms. The van der Waals surface area contributed by atoms with E-state index in [4.69, 9.17) is 0 Å². The minimum atomic E-state index is -1.67. The second kappa shape index (κ2) is 6.93. The van der Waals surface area contributed by atoms with E-state index in [-0.39, 0.29) is 18.4 Å². The minimum absolute atomic E-state index is 0.171. The second-order valence-corrected chi connectivity index (χ2v) is 8.35. The van der Waals surface area contributed by atoms with E-state index >= 15 is 0 Å². The molecule has 9 heteroatoms. The summed E-state index contributed by atoms with van der Waals surface area (Å²) in [6.45, 7) is 0.260. The standard InChI is InChI=1S/C22H18N4O4S/c1-25(21(28)29)20-23-17-9-8-13(11-18(17)24-20)22(30)16-7-3-2-6-15(16)19(27)26(22)12-14-5-4-10-31-14/h2-11,30H,12H2,1H3,(H,23,24)(H,28,29). The predicted molar refractivity (Wildman–Crippen MR) is 116 cm³/mol. The molecule has 8 nitrogen and oxygen atoms in total. The highest BCUT2D eigenvalue weighted by atomic mass is 32.1. The lowest BCUT2D eigenvalue weighted by Crippen LogP contribution is -2.44. The number of carboxylic acid groups (broad SMARTS) is 1. The van der Waals surface area contributed by atoms with Gasteiger partial charge in [-0.05, 0) is 29.6 Å². The van der Waals surface area contributed by atoms with E-state index in [0.29, 0.717) is 27.7 Å². The highest BCUT2D eigenvalue weighted by Crippen LogP contribution is 2.43. The van der Waals surface area contributed by atoms with Crippen molar-refractivity contribution in [2.24, 2.45) is 0 Å². The number of nitrogens with one attached hydrogen (secondary N) is 1. The van der Waals surface area contributed by atoms with E-state index in [2.05, 4.69) is 9.97 Å². The van der Waals surface area contributed by atoms with Crippen LogP contribution in [-0.2, 0) is 12.3 Å². The maximum Gasteiger partial charge on any atom is 0.413 e. The van der Waals surface area contributed by atoms with Crippen LogP contribution in [-0.4, -0.2) is 44.1 Å². The summed E-state index contributed by atoms with van der Waals surface area (Å²) in [6.07, 6.45) is -1.14. The largest absolute Gasteiger partial charge is 0.465 e. The van der Waals surface area contributed by atoms with E-state index in [1.807, 2.05) is 17.5 Å². The molecule has 0 spiro atoms. The molecule has 2 aromatic heterocycles. The molecule has 1 aliphatic rings. The SMILES string of the molecule is CN(C(=O)O)c1nc2ccc(C3(O)c4ccccc4C(=O)N3Cc3cccs3)cc2[nH]1. The number of benzene rings is 2. The number of fused-ring (bicyclic) bond motifs is 2. The van der Waals surface area contributed by atoms with Crippen LogP contribution >= 0.6 is 11.3 Å². The van der Waals surface area contributed by atoms with Crippen LogP contribution in [0.2, 0.25) is 0 Å². The highest BCUT2D eigenvalue weighted by molar-refractivity contribution is 7.09. The number of rotatable bonds is 4. The Bertz CT molecular complexity index is 1320. The zero-order valence-corrected chi connectivity index (χ0v) is 17.3. The first-order chi connectivity index (χ1) is 14.9. The molecule has 0 saturated heterocycles. The quantitative estimate of drug-likeness (QED) is 0.455. The molecular formula is C22H18N4O4S. The number of aromatic amines is 1. The molecule has 0 bridgehead atoms. The summed E-state index contributed by atoms with van der Waals surface area (Å²) < 4.78 is 0. The summed E-state index contributed by atoms with van der Waals surface area (Å²) in [7, 11) is 1.39. The smallest absolute Gasteiger partial charge is 0.413 e. The third-order valence-corrected chi connectivity index (χ3v) is 6.40. The number of nitrogens with zero attached hydrogens (tertiary/aromatic N) is 3. The van der Waals surface area contributed by atoms with E-state index in [1.165, 1.54) is 23.3 Å². The molecule has 1 unspecified atom stereocenters. The van der Waals surface area contributed by atoms with Crippen molar-refractivity contribution in [3.63, 3.8) is 0 Å². The number of H-pyrrole nitrogens is 1. The molecule has 0 saturated carbocycles. The van der Waals surface area contributed by atoms with E-state index in [9.17, 15) is 19.8 Å². The van der Waals surface area contributed by atoms with Gasteiger partial charge in [-0.3, -0.25) is 14.6 Å². The van der Waals surface area contributed by atoms with Crippen LogP contribution in [0.4, 0.5) is 10.7 Å². The number of carbonyl (C=O) groups excluding carboxylic acids is 1. The van der Waals surface area contributed by atoms with Crippen molar-refractivity contribution in [2.75, 3.05) is 11.9 Å². The van der Waals surface area contributed by atoms with E-state index < -0.39 is 11.8 Å². The number of thiophene rings is 1. The third kappa shape index (κ3) is 2.89. The van der Waals surface area contributed by atoms with Gasteiger partial charge in [0.15, 0.2) is 5.72 Å². The summed E-state index contributed by atoms with van der Waals surface area (Å²) in [5.41, 5.74) is 0.897. The number of amides is 2. The molecule has 2 amide bonds. The molecule has 156 valence electrons. The van der Waals surface area contributed by atoms with Gasteiger partial charge in [0.05, 0.1) is 17.6 Å². The first-order valence-corrected chi connectivity index (χ1v) is 10.4. The molecular weight excluding hydrogens is 416 g/mol. The van der Waals surface area contributed by atoms with Gasteiger partial charge in [0, 0.05) is 28.6 Å². The minimum Gasteiger partial charge on any atom is -0.465 e. The number of aliphatic hydroxyl groups is 1. The Morgan fingerprint density at radius 1 is 1.23 bits per heavy atom. The molecule has 1 atom stereocenters. The van der Waals surface area contributed by atoms with Crippen LogP contribution < -0.4 is 4.90 Å². The van der Waals surface area contributed by atoms with Gasteiger partial charge in [-0.25, -0.2) is 9.78 Å². The fraction of sp³-hybridized carbons (Fsp3) is 0.136. The normalized spacial score (nSPS) is 17.9. The zero-order valence-electron chi connectivity index (χ0n) is 16.4. The van der Waals surface area contributed by atoms with Gasteiger partial charge in [-0.1, -0.05) is 30.3 Å². The van der Waals surface area contributed by atoms with Crippen molar-refractivity contribution in [2.45, 2.75) is 12.3 Å². The lowest BCUT2D eigenvalue weighted by molar-refractivity contribution is -0.0537. The molecule has 0 radical (unpaired) electrons. The Morgan fingerprint density at radius 2 is 2.03 bits per heavy atom. The summed E-state index contributed by atoms with van der Waals surface area (Å²) in [5.74, 6) is -0.0764. The van der Waals surface area contributed by atoms with Crippen molar-refractivity contribution in [3.8, 4) is 0 Å². The Balaban J connectivity index is 1.65. The summed E-state index contributed by atoms with van der Waals surface area (Å²) >= 11 is 1.52. The predicted octanol–water partition coefficient (Wildman–Crippen LogP) is 3.59.